The lowest BCUT2D eigenvalue weighted by Gasteiger charge is -2.37. The molecule has 90 valence electrons. The van der Waals surface area contributed by atoms with Crippen molar-refractivity contribution in [2.45, 2.75) is 38.2 Å². The lowest BCUT2D eigenvalue weighted by atomic mass is 9.69. The average Bonchev–Trinajstić information content (AvgIpc) is 2.67. The van der Waals surface area contributed by atoms with Crippen LogP contribution in [-0.4, -0.2) is 36.2 Å². The molecule has 0 aromatic heterocycles. The molecule has 0 bridgehead atoms. The van der Waals surface area contributed by atoms with E-state index >= 15 is 0 Å². The molecule has 5 nitrogen and oxygen atoms in total. The van der Waals surface area contributed by atoms with Gasteiger partial charge in [0.05, 0.1) is 5.41 Å². The molecule has 16 heavy (non-hydrogen) atoms. The van der Waals surface area contributed by atoms with Gasteiger partial charge in [-0.15, -0.1) is 0 Å². The predicted molar refractivity (Wildman–Crippen MR) is 55.9 cm³/mol. The van der Waals surface area contributed by atoms with E-state index in [1.54, 1.807) is 0 Å². The molecule has 2 fully saturated rings. The molecule has 1 heterocycles. The summed E-state index contributed by atoms with van der Waals surface area (Å²) in [6.45, 7) is 0.864. The minimum atomic E-state index is -0.800. The van der Waals surface area contributed by atoms with Crippen molar-refractivity contribution in [2.75, 3.05) is 13.2 Å². The first-order valence-electron chi connectivity index (χ1n) is 5.77. The SMILES string of the molecule is O=C(NCC1(C(=O)O)CCC1)[C@H]1CCCO1. The van der Waals surface area contributed by atoms with Crippen LogP contribution < -0.4 is 5.32 Å². The number of carbonyl (C=O) groups excluding carboxylic acids is 1. The van der Waals surface area contributed by atoms with Crippen LogP contribution in [0, 0.1) is 5.41 Å². The fraction of sp³-hybridized carbons (Fsp3) is 0.818. The molecule has 1 amide bonds. The van der Waals surface area contributed by atoms with E-state index in [0.29, 0.717) is 19.4 Å². The lowest BCUT2D eigenvalue weighted by molar-refractivity contribution is -0.154. The van der Waals surface area contributed by atoms with Crippen molar-refractivity contribution in [1.29, 1.82) is 0 Å². The Morgan fingerprint density at radius 3 is 2.56 bits per heavy atom. The molecular weight excluding hydrogens is 210 g/mol. The number of aliphatic carboxylic acids is 1. The highest BCUT2D eigenvalue weighted by molar-refractivity contribution is 5.82. The normalized spacial score (nSPS) is 27.1. The number of nitrogens with one attached hydrogen (secondary N) is 1. The zero-order valence-corrected chi connectivity index (χ0v) is 9.20. The number of rotatable bonds is 4. The number of amides is 1. The number of carboxylic acids is 1. The van der Waals surface area contributed by atoms with E-state index in [1.807, 2.05) is 0 Å². The smallest absolute Gasteiger partial charge is 0.311 e. The molecule has 0 unspecified atom stereocenters. The highest BCUT2D eigenvalue weighted by atomic mass is 16.5. The molecule has 1 saturated heterocycles. The van der Waals surface area contributed by atoms with Gasteiger partial charge in [-0.25, -0.2) is 0 Å². The summed E-state index contributed by atoms with van der Waals surface area (Å²) in [4.78, 5) is 22.7. The summed E-state index contributed by atoms with van der Waals surface area (Å²) in [6.07, 6.45) is 3.53. The summed E-state index contributed by atoms with van der Waals surface area (Å²) in [5.41, 5.74) is -0.714. The Morgan fingerprint density at radius 1 is 1.38 bits per heavy atom. The minimum absolute atomic E-state index is 0.162. The summed E-state index contributed by atoms with van der Waals surface area (Å²) in [5.74, 6) is -0.962. The zero-order chi connectivity index (χ0) is 11.6. The summed E-state index contributed by atoms with van der Waals surface area (Å²) in [5, 5.41) is 11.8. The average molecular weight is 227 g/mol. The Hall–Kier alpha value is -1.10. The molecule has 1 aliphatic carbocycles. The summed E-state index contributed by atoms with van der Waals surface area (Å²) in [7, 11) is 0. The van der Waals surface area contributed by atoms with E-state index in [1.165, 1.54) is 0 Å². The highest BCUT2D eigenvalue weighted by Gasteiger charge is 2.44. The van der Waals surface area contributed by atoms with E-state index < -0.39 is 11.4 Å². The molecule has 2 rings (SSSR count). The molecule has 0 spiro atoms. The predicted octanol–water partition coefficient (Wildman–Crippen LogP) is 0.536. The van der Waals surface area contributed by atoms with Crippen LogP contribution in [0.25, 0.3) is 0 Å². The van der Waals surface area contributed by atoms with Gasteiger partial charge in [-0.05, 0) is 25.7 Å². The molecular formula is C11H17NO4. The van der Waals surface area contributed by atoms with Crippen molar-refractivity contribution in [1.82, 2.24) is 5.32 Å². The van der Waals surface area contributed by atoms with Gasteiger partial charge in [0, 0.05) is 13.2 Å². The van der Waals surface area contributed by atoms with Crippen LogP contribution in [0.1, 0.15) is 32.1 Å². The van der Waals surface area contributed by atoms with Crippen LogP contribution in [0.2, 0.25) is 0 Å². The highest BCUT2D eigenvalue weighted by Crippen LogP contribution is 2.40. The second-order valence-electron chi connectivity index (χ2n) is 4.66. The molecule has 0 aromatic rings. The number of carbonyl (C=O) groups is 2. The van der Waals surface area contributed by atoms with Crippen molar-refractivity contribution >= 4 is 11.9 Å². The topological polar surface area (TPSA) is 75.6 Å². The monoisotopic (exact) mass is 227 g/mol. The van der Waals surface area contributed by atoms with Crippen LogP contribution in [0.3, 0.4) is 0 Å². The summed E-state index contributed by atoms with van der Waals surface area (Å²) >= 11 is 0. The molecule has 0 radical (unpaired) electrons. The standard InChI is InChI=1S/C11H17NO4/c13-9(8-3-1-6-16-8)12-7-11(10(14)15)4-2-5-11/h8H,1-7H2,(H,12,13)(H,14,15)/t8-/m1/s1. The number of ether oxygens (including phenoxy) is 1. The van der Waals surface area contributed by atoms with Gasteiger partial charge in [0.1, 0.15) is 6.10 Å². The molecule has 1 aliphatic heterocycles. The fourth-order valence-corrected chi connectivity index (χ4v) is 2.22. The molecule has 2 N–H and O–H groups in total. The maximum absolute atomic E-state index is 11.6. The second kappa shape index (κ2) is 4.41. The zero-order valence-electron chi connectivity index (χ0n) is 9.20. The van der Waals surface area contributed by atoms with Crippen molar-refractivity contribution in [2.24, 2.45) is 5.41 Å². The van der Waals surface area contributed by atoms with Crippen LogP contribution in [-0.2, 0) is 14.3 Å². The second-order valence-corrected chi connectivity index (χ2v) is 4.66. The number of hydrogen-bond donors (Lipinski definition) is 2. The van der Waals surface area contributed by atoms with Gasteiger partial charge in [0.2, 0.25) is 5.91 Å². The third-order valence-corrected chi connectivity index (χ3v) is 3.59. The van der Waals surface area contributed by atoms with Crippen molar-refractivity contribution in [3.8, 4) is 0 Å². The van der Waals surface area contributed by atoms with Crippen LogP contribution in [0.4, 0.5) is 0 Å². The van der Waals surface area contributed by atoms with E-state index in [-0.39, 0.29) is 18.6 Å². The van der Waals surface area contributed by atoms with Gasteiger partial charge < -0.3 is 15.2 Å². The Morgan fingerprint density at radius 2 is 2.12 bits per heavy atom. The van der Waals surface area contributed by atoms with Crippen LogP contribution in [0.5, 0.6) is 0 Å². The van der Waals surface area contributed by atoms with Gasteiger partial charge >= 0.3 is 5.97 Å². The third kappa shape index (κ3) is 2.04. The van der Waals surface area contributed by atoms with Crippen molar-refractivity contribution in [3.63, 3.8) is 0 Å². The minimum Gasteiger partial charge on any atom is -0.481 e. The molecule has 0 aromatic carbocycles. The maximum Gasteiger partial charge on any atom is 0.311 e. The first kappa shape index (κ1) is 11.4. The first-order valence-corrected chi connectivity index (χ1v) is 5.77. The maximum atomic E-state index is 11.6. The van der Waals surface area contributed by atoms with Crippen molar-refractivity contribution in [3.05, 3.63) is 0 Å². The number of hydrogen-bond acceptors (Lipinski definition) is 3. The Labute approximate surface area is 94.2 Å². The Balaban J connectivity index is 1.81. The van der Waals surface area contributed by atoms with Crippen LogP contribution >= 0.6 is 0 Å². The van der Waals surface area contributed by atoms with Gasteiger partial charge in [0.15, 0.2) is 0 Å². The van der Waals surface area contributed by atoms with E-state index in [4.69, 9.17) is 9.84 Å². The molecule has 5 heteroatoms. The van der Waals surface area contributed by atoms with Gasteiger partial charge in [-0.2, -0.15) is 0 Å². The van der Waals surface area contributed by atoms with Crippen LogP contribution in [0.15, 0.2) is 0 Å². The van der Waals surface area contributed by atoms with Gasteiger partial charge in [0.25, 0.3) is 0 Å². The molecule has 1 atom stereocenters. The van der Waals surface area contributed by atoms with E-state index in [9.17, 15) is 9.59 Å². The fourth-order valence-electron chi connectivity index (χ4n) is 2.22. The Kier molecular flexibility index (Phi) is 3.14. The quantitative estimate of drug-likeness (QED) is 0.734. The van der Waals surface area contributed by atoms with Gasteiger partial charge in [-0.1, -0.05) is 6.42 Å². The van der Waals surface area contributed by atoms with Crippen molar-refractivity contribution < 1.29 is 19.4 Å². The van der Waals surface area contributed by atoms with E-state index in [2.05, 4.69) is 5.32 Å². The van der Waals surface area contributed by atoms with E-state index in [0.717, 1.165) is 19.3 Å². The summed E-state index contributed by atoms with van der Waals surface area (Å²) in [6, 6.07) is 0. The lowest BCUT2D eigenvalue weighted by Crippen LogP contribution is -2.49. The summed E-state index contributed by atoms with van der Waals surface area (Å²) < 4.78 is 5.23. The van der Waals surface area contributed by atoms with Gasteiger partial charge in [-0.3, -0.25) is 9.59 Å². The molecule has 1 saturated carbocycles. The largest absolute Gasteiger partial charge is 0.481 e. The third-order valence-electron chi connectivity index (χ3n) is 3.59. The molecule has 2 aliphatic rings. The first-order chi connectivity index (χ1) is 7.64. The number of carboxylic acid groups (broad SMARTS) is 1. The Bertz CT molecular complexity index is 292.